The Hall–Kier alpha value is -2.73. The summed E-state index contributed by atoms with van der Waals surface area (Å²) in [5, 5.41) is 9.69. The summed E-state index contributed by atoms with van der Waals surface area (Å²) in [6.45, 7) is 1.98. The molecule has 116 valence electrons. The Morgan fingerprint density at radius 2 is 2.04 bits per heavy atom. The normalized spacial score (nSPS) is 10.7. The van der Waals surface area contributed by atoms with Crippen LogP contribution in [0.25, 0.3) is 22.3 Å². The average molecular weight is 326 g/mol. The molecule has 0 aliphatic rings. The molecule has 0 aliphatic carbocycles. The number of methoxy groups -OCH3 is 1. The van der Waals surface area contributed by atoms with Crippen LogP contribution in [0.4, 0.5) is 0 Å². The van der Waals surface area contributed by atoms with E-state index in [0.29, 0.717) is 21.6 Å². The van der Waals surface area contributed by atoms with Crippen LogP contribution in [-0.4, -0.2) is 28.2 Å². The van der Waals surface area contributed by atoms with Crippen molar-refractivity contribution < 1.29 is 14.6 Å². The third kappa shape index (κ3) is 2.80. The fourth-order valence-electron chi connectivity index (χ4n) is 2.41. The maximum atomic E-state index is 11.1. The minimum absolute atomic E-state index is 0.180. The zero-order valence-corrected chi connectivity index (χ0v) is 13.4. The number of aromatic carboxylic acids is 1. The van der Waals surface area contributed by atoms with Gasteiger partial charge in [-0.3, -0.25) is 0 Å². The van der Waals surface area contributed by atoms with E-state index in [1.54, 1.807) is 13.2 Å². The first kappa shape index (κ1) is 15.2. The number of nitrogens with one attached hydrogen (secondary N) is 1. The molecule has 3 rings (SSSR count). The molecule has 0 saturated heterocycles. The molecule has 0 atom stereocenters. The molecule has 1 aromatic heterocycles. The monoisotopic (exact) mass is 326 g/mol. The molecule has 0 radical (unpaired) electrons. The molecule has 5 nitrogen and oxygen atoms in total. The van der Waals surface area contributed by atoms with E-state index in [1.807, 2.05) is 25.1 Å². The van der Waals surface area contributed by atoms with Crippen molar-refractivity contribution >= 4 is 29.1 Å². The number of aryl methyl sites for hydroxylation is 1. The summed E-state index contributed by atoms with van der Waals surface area (Å²) in [7, 11) is 1.60. The number of nitrogens with zero attached hydrogens (tertiary/aromatic N) is 1. The number of benzene rings is 2. The molecule has 0 spiro atoms. The SMILES string of the molecule is COc1ccc(C)cc1-c1nc(=S)c2cc(C(=O)O)ccc2[nH]1. The number of H-pyrrole nitrogens is 1. The van der Waals surface area contributed by atoms with Crippen LogP contribution in [0.3, 0.4) is 0 Å². The molecule has 2 aromatic carbocycles. The van der Waals surface area contributed by atoms with Crippen molar-refractivity contribution in [2.75, 3.05) is 7.11 Å². The molecule has 23 heavy (non-hydrogen) atoms. The fourth-order valence-corrected chi connectivity index (χ4v) is 2.68. The van der Waals surface area contributed by atoms with E-state index in [1.165, 1.54) is 12.1 Å². The number of hydrogen-bond acceptors (Lipinski definition) is 4. The molecule has 0 unspecified atom stereocenters. The predicted molar refractivity (Wildman–Crippen MR) is 90.6 cm³/mol. The molecule has 0 bridgehead atoms. The summed E-state index contributed by atoms with van der Waals surface area (Å²) in [5.41, 5.74) is 2.79. The largest absolute Gasteiger partial charge is 0.496 e. The van der Waals surface area contributed by atoms with Crippen LogP contribution in [0.5, 0.6) is 5.75 Å². The number of ether oxygens (including phenoxy) is 1. The van der Waals surface area contributed by atoms with Crippen molar-refractivity contribution in [1.82, 2.24) is 9.97 Å². The molecule has 6 heteroatoms. The van der Waals surface area contributed by atoms with E-state index in [9.17, 15) is 4.79 Å². The topological polar surface area (TPSA) is 75.2 Å². The lowest BCUT2D eigenvalue weighted by atomic mass is 10.1. The molecule has 0 saturated carbocycles. The first-order valence-corrected chi connectivity index (χ1v) is 7.33. The molecule has 0 amide bonds. The predicted octanol–water partition coefficient (Wildman–Crippen LogP) is 3.97. The minimum Gasteiger partial charge on any atom is -0.496 e. The quantitative estimate of drug-likeness (QED) is 0.712. The lowest BCUT2D eigenvalue weighted by molar-refractivity contribution is 0.0697. The number of fused-ring (bicyclic) bond motifs is 1. The second-order valence-electron chi connectivity index (χ2n) is 5.16. The first-order chi connectivity index (χ1) is 11.0. The van der Waals surface area contributed by atoms with Gasteiger partial charge in [-0.25, -0.2) is 9.78 Å². The third-order valence-electron chi connectivity index (χ3n) is 3.57. The van der Waals surface area contributed by atoms with Crippen LogP contribution >= 0.6 is 12.2 Å². The van der Waals surface area contributed by atoms with Crippen LogP contribution in [0, 0.1) is 11.6 Å². The molecule has 0 fully saturated rings. The van der Waals surface area contributed by atoms with Crippen molar-refractivity contribution in [1.29, 1.82) is 0 Å². The standard InChI is InChI=1S/C17H14N2O3S/c1-9-3-6-14(22-2)12(7-9)15-18-13-5-4-10(17(20)21)8-11(13)16(23)19-15/h3-8H,1-2H3,(H,20,21)(H,18,19,23). The lowest BCUT2D eigenvalue weighted by Gasteiger charge is -2.10. The van der Waals surface area contributed by atoms with Gasteiger partial charge >= 0.3 is 5.97 Å². The Morgan fingerprint density at radius 3 is 2.74 bits per heavy atom. The number of carboxylic acid groups (broad SMARTS) is 1. The van der Waals surface area contributed by atoms with Gasteiger partial charge in [0.25, 0.3) is 0 Å². The second kappa shape index (κ2) is 5.81. The Labute approximate surface area is 137 Å². The summed E-state index contributed by atoms with van der Waals surface area (Å²) in [5.74, 6) is 0.284. The van der Waals surface area contributed by atoms with E-state index in [4.69, 9.17) is 22.1 Å². The third-order valence-corrected chi connectivity index (χ3v) is 3.88. The highest BCUT2D eigenvalue weighted by Gasteiger charge is 2.11. The van der Waals surface area contributed by atoms with Gasteiger partial charge in [0.05, 0.1) is 23.8 Å². The number of carboxylic acids is 1. The Bertz CT molecular complexity index is 979. The number of aromatic nitrogens is 2. The Morgan fingerprint density at radius 1 is 1.26 bits per heavy atom. The summed E-state index contributed by atoms with van der Waals surface area (Å²) in [4.78, 5) is 18.7. The van der Waals surface area contributed by atoms with Gasteiger partial charge in [0, 0.05) is 5.39 Å². The van der Waals surface area contributed by atoms with Crippen LogP contribution in [-0.2, 0) is 0 Å². The number of carbonyl (C=O) groups is 1. The van der Waals surface area contributed by atoms with Crippen molar-refractivity contribution in [2.45, 2.75) is 6.92 Å². The van der Waals surface area contributed by atoms with E-state index in [-0.39, 0.29) is 5.56 Å². The van der Waals surface area contributed by atoms with Crippen LogP contribution in [0.2, 0.25) is 0 Å². The lowest BCUT2D eigenvalue weighted by Crippen LogP contribution is -1.98. The number of rotatable bonds is 3. The zero-order valence-electron chi connectivity index (χ0n) is 12.6. The summed E-state index contributed by atoms with van der Waals surface area (Å²) < 4.78 is 5.73. The van der Waals surface area contributed by atoms with Gasteiger partial charge in [-0.1, -0.05) is 23.8 Å². The smallest absolute Gasteiger partial charge is 0.335 e. The van der Waals surface area contributed by atoms with E-state index in [0.717, 1.165) is 16.6 Å². The van der Waals surface area contributed by atoms with Gasteiger partial charge in [0.2, 0.25) is 0 Å². The van der Waals surface area contributed by atoms with Gasteiger partial charge < -0.3 is 14.8 Å². The molecule has 2 N–H and O–H groups in total. The molecular formula is C17H14N2O3S. The van der Waals surface area contributed by atoms with Gasteiger partial charge in [-0.05, 0) is 37.3 Å². The average Bonchev–Trinajstić information content (AvgIpc) is 2.54. The van der Waals surface area contributed by atoms with Gasteiger partial charge in [0.1, 0.15) is 16.2 Å². The number of hydrogen-bond donors (Lipinski definition) is 2. The minimum atomic E-state index is -0.995. The Kier molecular flexibility index (Phi) is 3.83. The highest BCUT2D eigenvalue weighted by Crippen LogP contribution is 2.29. The summed E-state index contributed by atoms with van der Waals surface area (Å²) in [6.07, 6.45) is 0. The summed E-state index contributed by atoms with van der Waals surface area (Å²) >= 11 is 5.33. The highest BCUT2D eigenvalue weighted by atomic mass is 32.1. The maximum absolute atomic E-state index is 11.1. The van der Waals surface area contributed by atoms with Crippen LogP contribution in [0.15, 0.2) is 36.4 Å². The number of aromatic amines is 1. The van der Waals surface area contributed by atoms with Crippen LogP contribution < -0.4 is 4.74 Å². The van der Waals surface area contributed by atoms with Crippen LogP contribution in [0.1, 0.15) is 15.9 Å². The first-order valence-electron chi connectivity index (χ1n) is 6.92. The van der Waals surface area contributed by atoms with Gasteiger partial charge in [0.15, 0.2) is 0 Å². The van der Waals surface area contributed by atoms with E-state index >= 15 is 0 Å². The van der Waals surface area contributed by atoms with Gasteiger partial charge in [-0.2, -0.15) is 0 Å². The van der Waals surface area contributed by atoms with Crippen molar-refractivity contribution in [3.05, 3.63) is 52.2 Å². The van der Waals surface area contributed by atoms with Gasteiger partial charge in [-0.15, -0.1) is 0 Å². The van der Waals surface area contributed by atoms with Crippen molar-refractivity contribution in [3.8, 4) is 17.1 Å². The zero-order chi connectivity index (χ0) is 16.6. The molecule has 3 aromatic rings. The second-order valence-corrected chi connectivity index (χ2v) is 5.55. The van der Waals surface area contributed by atoms with E-state index < -0.39 is 5.97 Å². The molecule has 0 aliphatic heterocycles. The molecule has 1 heterocycles. The summed E-state index contributed by atoms with van der Waals surface area (Å²) in [6, 6.07) is 10.6. The molecular weight excluding hydrogens is 312 g/mol. The highest BCUT2D eigenvalue weighted by molar-refractivity contribution is 7.71. The van der Waals surface area contributed by atoms with Crippen molar-refractivity contribution in [2.24, 2.45) is 0 Å². The van der Waals surface area contributed by atoms with Crippen molar-refractivity contribution in [3.63, 3.8) is 0 Å². The maximum Gasteiger partial charge on any atom is 0.335 e. The Balaban J connectivity index is 2.25. The van der Waals surface area contributed by atoms with E-state index in [2.05, 4.69) is 9.97 Å². The fraction of sp³-hybridized carbons (Fsp3) is 0.118.